The van der Waals surface area contributed by atoms with Crippen molar-refractivity contribution in [1.82, 2.24) is 0 Å². The normalized spacial score (nSPS) is 15.3. The highest BCUT2D eigenvalue weighted by Gasteiger charge is 2.21. The number of hydrogen-bond donors (Lipinski definition) is 0. The van der Waals surface area contributed by atoms with Gasteiger partial charge >= 0.3 is 5.97 Å². The molecule has 1 fully saturated rings. The fraction of sp³-hybridized carbons (Fsp3) is 0.318. The SMILES string of the molecule is CO/C(=C/Oc1ccccc1C(=O)OC1CCCCC1)c1ccccc1. The van der Waals surface area contributed by atoms with E-state index in [-0.39, 0.29) is 12.1 Å². The van der Waals surface area contributed by atoms with Crippen LogP contribution in [-0.4, -0.2) is 19.2 Å². The topological polar surface area (TPSA) is 44.8 Å². The number of carbonyl (C=O) groups is 1. The van der Waals surface area contributed by atoms with E-state index >= 15 is 0 Å². The summed E-state index contributed by atoms with van der Waals surface area (Å²) in [5.74, 6) is 0.708. The van der Waals surface area contributed by atoms with Crippen molar-refractivity contribution in [2.75, 3.05) is 7.11 Å². The van der Waals surface area contributed by atoms with Gasteiger partial charge in [0.25, 0.3) is 0 Å². The smallest absolute Gasteiger partial charge is 0.342 e. The van der Waals surface area contributed by atoms with Gasteiger partial charge in [0.05, 0.1) is 7.11 Å². The highest BCUT2D eigenvalue weighted by Crippen LogP contribution is 2.25. The van der Waals surface area contributed by atoms with E-state index in [1.165, 1.54) is 12.7 Å². The van der Waals surface area contributed by atoms with E-state index in [1.54, 1.807) is 19.2 Å². The average molecular weight is 352 g/mol. The van der Waals surface area contributed by atoms with Crippen LogP contribution in [0.2, 0.25) is 0 Å². The van der Waals surface area contributed by atoms with Crippen LogP contribution in [0.5, 0.6) is 5.75 Å². The summed E-state index contributed by atoms with van der Waals surface area (Å²) in [6, 6.07) is 16.8. The van der Waals surface area contributed by atoms with Crippen molar-refractivity contribution in [3.63, 3.8) is 0 Å². The minimum Gasteiger partial charge on any atom is -0.493 e. The maximum Gasteiger partial charge on any atom is 0.342 e. The number of esters is 1. The maximum absolute atomic E-state index is 12.6. The average Bonchev–Trinajstić information content (AvgIpc) is 2.70. The molecule has 1 saturated carbocycles. The molecule has 3 rings (SSSR count). The molecule has 136 valence electrons. The van der Waals surface area contributed by atoms with Crippen molar-refractivity contribution in [2.45, 2.75) is 38.2 Å². The molecule has 0 spiro atoms. The molecule has 4 nitrogen and oxygen atoms in total. The van der Waals surface area contributed by atoms with Crippen molar-refractivity contribution >= 4 is 11.7 Å². The second kappa shape index (κ2) is 9.09. The third kappa shape index (κ3) is 4.66. The summed E-state index contributed by atoms with van der Waals surface area (Å²) in [5, 5.41) is 0. The Morgan fingerprint density at radius 1 is 0.962 bits per heavy atom. The lowest BCUT2D eigenvalue weighted by Crippen LogP contribution is -2.21. The number of benzene rings is 2. The summed E-state index contributed by atoms with van der Waals surface area (Å²) >= 11 is 0. The molecule has 0 bridgehead atoms. The van der Waals surface area contributed by atoms with Crippen LogP contribution in [0.3, 0.4) is 0 Å². The second-order valence-corrected chi connectivity index (χ2v) is 6.33. The molecule has 0 unspecified atom stereocenters. The molecular weight excluding hydrogens is 328 g/mol. The fourth-order valence-electron chi connectivity index (χ4n) is 3.09. The lowest BCUT2D eigenvalue weighted by Gasteiger charge is -2.22. The number of para-hydroxylation sites is 1. The summed E-state index contributed by atoms with van der Waals surface area (Å²) in [5.41, 5.74) is 1.33. The predicted octanol–water partition coefficient (Wildman–Crippen LogP) is 5.20. The van der Waals surface area contributed by atoms with Gasteiger partial charge in [-0.2, -0.15) is 0 Å². The number of ether oxygens (including phenoxy) is 3. The van der Waals surface area contributed by atoms with Gasteiger partial charge in [-0.3, -0.25) is 0 Å². The van der Waals surface area contributed by atoms with Gasteiger partial charge in [0.15, 0.2) is 5.76 Å². The van der Waals surface area contributed by atoms with E-state index < -0.39 is 0 Å². The maximum atomic E-state index is 12.6. The third-order valence-electron chi connectivity index (χ3n) is 4.50. The molecule has 1 aliphatic rings. The van der Waals surface area contributed by atoms with Gasteiger partial charge in [0.2, 0.25) is 0 Å². The third-order valence-corrected chi connectivity index (χ3v) is 4.50. The standard InChI is InChI=1S/C22H24O4/c1-24-21(17-10-4-2-5-11-17)16-25-20-15-9-8-14-19(20)22(23)26-18-12-6-3-7-13-18/h2,4-5,8-11,14-16,18H,3,6-7,12-13H2,1H3/b21-16+. The first-order valence-electron chi connectivity index (χ1n) is 9.04. The molecule has 0 saturated heterocycles. The molecule has 1 aliphatic carbocycles. The number of carbonyl (C=O) groups excluding carboxylic acids is 1. The number of methoxy groups -OCH3 is 1. The largest absolute Gasteiger partial charge is 0.493 e. The van der Waals surface area contributed by atoms with Gasteiger partial charge in [-0.25, -0.2) is 4.79 Å². The first-order chi connectivity index (χ1) is 12.8. The van der Waals surface area contributed by atoms with Gasteiger partial charge in [-0.1, -0.05) is 48.9 Å². The monoisotopic (exact) mass is 352 g/mol. The molecule has 4 heteroatoms. The number of rotatable bonds is 6. The Morgan fingerprint density at radius 2 is 1.65 bits per heavy atom. The molecular formula is C22H24O4. The Morgan fingerprint density at radius 3 is 2.38 bits per heavy atom. The van der Waals surface area contributed by atoms with Crippen LogP contribution in [0.4, 0.5) is 0 Å². The summed E-state index contributed by atoms with van der Waals surface area (Å²) in [7, 11) is 1.59. The first-order valence-corrected chi connectivity index (χ1v) is 9.04. The minimum absolute atomic E-state index is 0.0127. The van der Waals surface area contributed by atoms with Gasteiger partial charge in [-0.05, 0) is 37.8 Å². The van der Waals surface area contributed by atoms with Crippen molar-refractivity contribution in [1.29, 1.82) is 0 Å². The molecule has 0 radical (unpaired) electrons. The predicted molar refractivity (Wildman–Crippen MR) is 101 cm³/mol. The Kier molecular flexibility index (Phi) is 6.31. The van der Waals surface area contributed by atoms with Crippen LogP contribution in [-0.2, 0) is 9.47 Å². The molecule has 26 heavy (non-hydrogen) atoms. The van der Waals surface area contributed by atoms with E-state index in [9.17, 15) is 4.79 Å². The van der Waals surface area contributed by atoms with Crippen LogP contribution in [0.15, 0.2) is 60.9 Å². The summed E-state index contributed by atoms with van der Waals surface area (Å²) in [6.45, 7) is 0. The Bertz CT molecular complexity index is 746. The van der Waals surface area contributed by atoms with E-state index in [0.717, 1.165) is 31.2 Å². The quantitative estimate of drug-likeness (QED) is 0.529. The zero-order valence-corrected chi connectivity index (χ0v) is 15.0. The molecule has 0 heterocycles. The zero-order valence-electron chi connectivity index (χ0n) is 15.0. The number of hydrogen-bond acceptors (Lipinski definition) is 4. The van der Waals surface area contributed by atoms with Crippen LogP contribution in [0.25, 0.3) is 5.76 Å². The fourth-order valence-corrected chi connectivity index (χ4v) is 3.09. The van der Waals surface area contributed by atoms with E-state index in [4.69, 9.17) is 14.2 Å². The lowest BCUT2D eigenvalue weighted by molar-refractivity contribution is 0.0208. The summed E-state index contributed by atoms with van der Waals surface area (Å²) in [4.78, 5) is 12.6. The Labute approximate surface area is 154 Å². The van der Waals surface area contributed by atoms with Crippen molar-refractivity contribution in [3.8, 4) is 5.75 Å². The minimum atomic E-state index is -0.334. The molecule has 0 N–H and O–H groups in total. The molecule has 2 aromatic rings. The van der Waals surface area contributed by atoms with Gasteiger partial charge in [0.1, 0.15) is 23.7 Å². The van der Waals surface area contributed by atoms with E-state index in [2.05, 4.69) is 0 Å². The van der Waals surface area contributed by atoms with E-state index in [0.29, 0.717) is 17.1 Å². The highest BCUT2D eigenvalue weighted by molar-refractivity contribution is 5.92. The van der Waals surface area contributed by atoms with Gasteiger partial charge < -0.3 is 14.2 Å². The molecule has 0 atom stereocenters. The van der Waals surface area contributed by atoms with Crippen LogP contribution in [0.1, 0.15) is 48.0 Å². The van der Waals surface area contributed by atoms with Crippen molar-refractivity contribution in [2.24, 2.45) is 0 Å². The van der Waals surface area contributed by atoms with E-state index in [1.807, 2.05) is 42.5 Å². The highest BCUT2D eigenvalue weighted by atomic mass is 16.5. The second-order valence-electron chi connectivity index (χ2n) is 6.33. The molecule has 0 aromatic heterocycles. The summed E-state index contributed by atoms with van der Waals surface area (Å²) in [6.07, 6.45) is 6.87. The van der Waals surface area contributed by atoms with Crippen LogP contribution >= 0.6 is 0 Å². The Hall–Kier alpha value is -2.75. The zero-order chi connectivity index (χ0) is 18.2. The van der Waals surface area contributed by atoms with Crippen LogP contribution in [0, 0.1) is 0 Å². The molecule has 0 aliphatic heterocycles. The van der Waals surface area contributed by atoms with Crippen LogP contribution < -0.4 is 4.74 Å². The van der Waals surface area contributed by atoms with Gasteiger partial charge in [0, 0.05) is 5.56 Å². The van der Waals surface area contributed by atoms with Gasteiger partial charge in [-0.15, -0.1) is 0 Å². The first kappa shape index (κ1) is 18.1. The van der Waals surface area contributed by atoms with Crippen molar-refractivity contribution in [3.05, 3.63) is 72.0 Å². The molecule has 0 amide bonds. The lowest BCUT2D eigenvalue weighted by atomic mass is 9.98. The Balaban J connectivity index is 1.74. The molecule has 2 aromatic carbocycles. The van der Waals surface area contributed by atoms with Crippen molar-refractivity contribution < 1.29 is 19.0 Å². The summed E-state index contributed by atoms with van der Waals surface area (Å²) < 4.78 is 16.8.